The summed E-state index contributed by atoms with van der Waals surface area (Å²) in [6.07, 6.45) is 0.458. The minimum atomic E-state index is -1.29. The number of carboxylic acid groups (broad SMARTS) is 1. The SMILES string of the molecule is O=Cc1c(C(=O)O)nc(-c2ccc(Cl)cc2)n1-c1ccccc1Cl. The average Bonchev–Trinajstić information content (AvgIpc) is 2.95. The van der Waals surface area contributed by atoms with E-state index in [-0.39, 0.29) is 11.4 Å². The molecule has 0 aliphatic rings. The summed E-state index contributed by atoms with van der Waals surface area (Å²) in [5, 5.41) is 10.3. The number of carboxylic acids is 1. The van der Waals surface area contributed by atoms with E-state index in [0.29, 0.717) is 33.4 Å². The Labute approximate surface area is 147 Å². The van der Waals surface area contributed by atoms with Crippen molar-refractivity contribution < 1.29 is 14.7 Å². The maximum Gasteiger partial charge on any atom is 0.356 e. The fraction of sp³-hybridized carbons (Fsp3) is 0. The minimum Gasteiger partial charge on any atom is -0.476 e. The molecule has 0 amide bonds. The molecule has 0 aliphatic heterocycles. The molecule has 1 aromatic heterocycles. The molecule has 0 spiro atoms. The number of aromatic carboxylic acids is 1. The van der Waals surface area contributed by atoms with Gasteiger partial charge in [0.05, 0.1) is 10.7 Å². The van der Waals surface area contributed by atoms with Crippen molar-refractivity contribution >= 4 is 35.5 Å². The van der Waals surface area contributed by atoms with E-state index in [1.54, 1.807) is 48.5 Å². The van der Waals surface area contributed by atoms with Crippen LogP contribution in [0, 0.1) is 0 Å². The van der Waals surface area contributed by atoms with E-state index in [0.717, 1.165) is 0 Å². The molecule has 2 aromatic carbocycles. The molecule has 5 nitrogen and oxygen atoms in total. The second kappa shape index (κ2) is 6.47. The molecule has 24 heavy (non-hydrogen) atoms. The Morgan fingerprint density at radius 3 is 2.33 bits per heavy atom. The van der Waals surface area contributed by atoms with E-state index in [4.69, 9.17) is 23.2 Å². The number of imidazole rings is 1. The van der Waals surface area contributed by atoms with Gasteiger partial charge in [-0.05, 0) is 36.4 Å². The Balaban J connectivity index is 2.36. The number of rotatable bonds is 4. The smallest absolute Gasteiger partial charge is 0.356 e. The predicted molar refractivity (Wildman–Crippen MR) is 91.4 cm³/mol. The van der Waals surface area contributed by atoms with E-state index in [9.17, 15) is 14.7 Å². The lowest BCUT2D eigenvalue weighted by molar-refractivity contribution is 0.0688. The Morgan fingerprint density at radius 1 is 1.08 bits per heavy atom. The number of aldehydes is 1. The van der Waals surface area contributed by atoms with Crippen LogP contribution in [-0.2, 0) is 0 Å². The van der Waals surface area contributed by atoms with Crippen LogP contribution >= 0.6 is 23.2 Å². The molecule has 0 bridgehead atoms. The number of halogens is 2. The van der Waals surface area contributed by atoms with Crippen LogP contribution in [0.25, 0.3) is 17.1 Å². The van der Waals surface area contributed by atoms with Crippen molar-refractivity contribution in [3.05, 3.63) is 70.0 Å². The number of hydrogen-bond acceptors (Lipinski definition) is 3. The van der Waals surface area contributed by atoms with Crippen molar-refractivity contribution in [1.29, 1.82) is 0 Å². The second-order valence-corrected chi connectivity index (χ2v) is 5.73. The zero-order valence-electron chi connectivity index (χ0n) is 12.1. The summed E-state index contributed by atoms with van der Waals surface area (Å²) < 4.78 is 1.43. The summed E-state index contributed by atoms with van der Waals surface area (Å²) in [7, 11) is 0. The highest BCUT2D eigenvalue weighted by atomic mass is 35.5. The van der Waals surface area contributed by atoms with Gasteiger partial charge in [0.2, 0.25) is 0 Å². The fourth-order valence-corrected chi connectivity index (χ4v) is 2.71. The molecule has 7 heteroatoms. The van der Waals surface area contributed by atoms with E-state index >= 15 is 0 Å². The largest absolute Gasteiger partial charge is 0.476 e. The maximum atomic E-state index is 11.5. The molecule has 0 radical (unpaired) electrons. The molecule has 0 unspecified atom stereocenters. The molecular formula is C17H10Cl2N2O3. The summed E-state index contributed by atoms with van der Waals surface area (Å²) in [5.74, 6) is -1.00. The van der Waals surface area contributed by atoms with Crippen molar-refractivity contribution in [1.82, 2.24) is 9.55 Å². The van der Waals surface area contributed by atoms with Gasteiger partial charge in [-0.1, -0.05) is 35.3 Å². The van der Waals surface area contributed by atoms with Gasteiger partial charge < -0.3 is 5.11 Å². The molecule has 3 rings (SSSR count). The van der Waals surface area contributed by atoms with Crippen LogP contribution in [0.4, 0.5) is 0 Å². The Morgan fingerprint density at radius 2 is 1.75 bits per heavy atom. The van der Waals surface area contributed by atoms with Crippen molar-refractivity contribution in [3.8, 4) is 17.1 Å². The summed E-state index contributed by atoms with van der Waals surface area (Å²) in [6.45, 7) is 0. The third-order valence-electron chi connectivity index (χ3n) is 3.42. The number of benzene rings is 2. The molecule has 0 saturated heterocycles. The van der Waals surface area contributed by atoms with Crippen LogP contribution in [0.15, 0.2) is 48.5 Å². The molecule has 1 N–H and O–H groups in total. The van der Waals surface area contributed by atoms with Gasteiger partial charge in [-0.15, -0.1) is 0 Å². The van der Waals surface area contributed by atoms with E-state index in [1.807, 2.05) is 0 Å². The van der Waals surface area contributed by atoms with Crippen molar-refractivity contribution in [3.63, 3.8) is 0 Å². The van der Waals surface area contributed by atoms with Gasteiger partial charge in [0, 0.05) is 10.6 Å². The Bertz CT molecular complexity index is 934. The van der Waals surface area contributed by atoms with Gasteiger partial charge in [0.1, 0.15) is 11.5 Å². The first-order valence-electron chi connectivity index (χ1n) is 6.85. The Kier molecular flexibility index (Phi) is 4.38. The lowest BCUT2D eigenvalue weighted by Crippen LogP contribution is -2.06. The summed E-state index contributed by atoms with van der Waals surface area (Å²) >= 11 is 12.1. The fourth-order valence-electron chi connectivity index (χ4n) is 2.37. The van der Waals surface area contributed by atoms with Crippen LogP contribution in [0.1, 0.15) is 21.0 Å². The minimum absolute atomic E-state index is 0.0828. The van der Waals surface area contributed by atoms with Gasteiger partial charge in [-0.2, -0.15) is 0 Å². The third kappa shape index (κ3) is 2.79. The first-order chi connectivity index (χ1) is 11.5. The summed E-state index contributed by atoms with van der Waals surface area (Å²) in [6, 6.07) is 13.5. The van der Waals surface area contributed by atoms with Crippen molar-refractivity contribution in [2.45, 2.75) is 0 Å². The molecule has 0 saturated carbocycles. The van der Waals surface area contributed by atoms with Crippen molar-refractivity contribution in [2.24, 2.45) is 0 Å². The number of hydrogen-bond donors (Lipinski definition) is 1. The molecule has 1 heterocycles. The lowest BCUT2D eigenvalue weighted by Gasteiger charge is -2.11. The molecule has 120 valence electrons. The highest BCUT2D eigenvalue weighted by molar-refractivity contribution is 6.32. The molecule has 3 aromatic rings. The quantitative estimate of drug-likeness (QED) is 0.701. The van der Waals surface area contributed by atoms with Gasteiger partial charge in [-0.3, -0.25) is 9.36 Å². The molecule has 0 aliphatic carbocycles. The first-order valence-corrected chi connectivity index (χ1v) is 7.60. The highest BCUT2D eigenvalue weighted by Crippen LogP contribution is 2.30. The van der Waals surface area contributed by atoms with Gasteiger partial charge in [0.25, 0.3) is 0 Å². The number of aromatic nitrogens is 2. The number of carbonyl (C=O) groups is 2. The lowest BCUT2D eigenvalue weighted by atomic mass is 10.2. The summed E-state index contributed by atoms with van der Waals surface area (Å²) in [4.78, 5) is 27.1. The Hall–Kier alpha value is -2.63. The van der Waals surface area contributed by atoms with Crippen LogP contribution in [-0.4, -0.2) is 26.9 Å². The maximum absolute atomic E-state index is 11.5. The molecule has 0 atom stereocenters. The van der Waals surface area contributed by atoms with Gasteiger partial charge in [-0.25, -0.2) is 9.78 Å². The highest BCUT2D eigenvalue weighted by Gasteiger charge is 2.24. The third-order valence-corrected chi connectivity index (χ3v) is 3.99. The van der Waals surface area contributed by atoms with Crippen LogP contribution in [0.3, 0.4) is 0 Å². The topological polar surface area (TPSA) is 72.2 Å². The standard InChI is InChI=1S/C17H10Cl2N2O3/c18-11-7-5-10(6-8-11)16-20-15(17(23)24)14(9-22)21(16)13-4-2-1-3-12(13)19/h1-9H,(H,23,24). The zero-order valence-corrected chi connectivity index (χ0v) is 13.6. The summed E-state index contributed by atoms with van der Waals surface area (Å²) in [5.41, 5.74) is 0.650. The zero-order chi connectivity index (χ0) is 17.3. The van der Waals surface area contributed by atoms with Gasteiger partial charge in [0.15, 0.2) is 12.0 Å². The number of para-hydroxylation sites is 1. The average molecular weight is 361 g/mol. The normalized spacial score (nSPS) is 10.6. The van der Waals surface area contributed by atoms with Crippen LogP contribution in [0.5, 0.6) is 0 Å². The number of carbonyl (C=O) groups excluding carboxylic acids is 1. The van der Waals surface area contributed by atoms with Gasteiger partial charge >= 0.3 is 5.97 Å². The molecular weight excluding hydrogens is 351 g/mol. The monoisotopic (exact) mass is 360 g/mol. The van der Waals surface area contributed by atoms with Crippen LogP contribution < -0.4 is 0 Å². The number of nitrogens with zero attached hydrogens (tertiary/aromatic N) is 2. The van der Waals surface area contributed by atoms with E-state index in [1.165, 1.54) is 4.57 Å². The van der Waals surface area contributed by atoms with Crippen molar-refractivity contribution in [2.75, 3.05) is 0 Å². The second-order valence-electron chi connectivity index (χ2n) is 4.89. The van der Waals surface area contributed by atoms with E-state index in [2.05, 4.69) is 4.98 Å². The molecule has 0 fully saturated rings. The predicted octanol–water partition coefficient (Wildman–Crippen LogP) is 4.36. The van der Waals surface area contributed by atoms with E-state index < -0.39 is 5.97 Å². The first kappa shape index (κ1) is 16.2. The van der Waals surface area contributed by atoms with Crippen LogP contribution in [0.2, 0.25) is 10.0 Å².